The lowest BCUT2D eigenvalue weighted by Crippen LogP contribution is -2.48. The molecule has 0 saturated heterocycles. The highest BCUT2D eigenvalue weighted by Gasteiger charge is 2.41. The second kappa shape index (κ2) is 11.3. The Balaban J connectivity index is 1.94. The number of rotatable bonds is 8. The van der Waals surface area contributed by atoms with E-state index in [0.717, 1.165) is 22.3 Å². The van der Waals surface area contributed by atoms with Gasteiger partial charge in [0.1, 0.15) is 0 Å². The number of hydrogen-bond acceptors (Lipinski definition) is 6. The first-order valence-electron chi connectivity index (χ1n) is 11.2. The maximum absolute atomic E-state index is 13.3. The number of amides is 1. The highest BCUT2D eigenvalue weighted by Crippen LogP contribution is 2.20. The fourth-order valence-electron chi connectivity index (χ4n) is 3.56. The zero-order chi connectivity index (χ0) is 26.4. The highest BCUT2D eigenvalue weighted by molar-refractivity contribution is 6.01. The quantitative estimate of drug-likeness (QED) is 0.450. The predicted octanol–water partition coefficient (Wildman–Crippen LogP) is 4.39. The molecule has 0 heterocycles. The molecule has 1 amide bonds. The summed E-state index contributed by atoms with van der Waals surface area (Å²) in [6, 6.07) is 18.0. The fourth-order valence-corrected chi connectivity index (χ4v) is 3.56. The summed E-state index contributed by atoms with van der Waals surface area (Å²) in [5.74, 6) is -4.50. The molecule has 2 atom stereocenters. The van der Waals surface area contributed by atoms with Crippen molar-refractivity contribution in [2.75, 3.05) is 5.32 Å². The minimum atomic E-state index is -2.10. The molecule has 0 aliphatic heterocycles. The van der Waals surface area contributed by atoms with Gasteiger partial charge in [-0.1, -0.05) is 53.1 Å². The highest BCUT2D eigenvalue weighted by atomic mass is 16.6. The molecular formula is C28H27NO7. The van der Waals surface area contributed by atoms with Crippen molar-refractivity contribution >= 4 is 29.5 Å². The number of carboxylic acids is 1. The van der Waals surface area contributed by atoms with Gasteiger partial charge in [-0.05, 0) is 63.6 Å². The second-order valence-electron chi connectivity index (χ2n) is 8.54. The first-order chi connectivity index (χ1) is 17.0. The second-order valence-corrected chi connectivity index (χ2v) is 8.54. The number of nitrogens with one attached hydrogen (secondary N) is 1. The number of carbonyl (C=O) groups excluding carboxylic acids is 3. The molecule has 0 aliphatic carbocycles. The Bertz CT molecular complexity index is 1310. The Morgan fingerprint density at radius 2 is 1.19 bits per heavy atom. The minimum Gasteiger partial charge on any atom is -0.478 e. The molecular weight excluding hydrogens is 462 g/mol. The van der Waals surface area contributed by atoms with Crippen LogP contribution in [-0.2, 0) is 19.1 Å². The number of esters is 2. The summed E-state index contributed by atoms with van der Waals surface area (Å²) in [6.45, 7) is 7.18. The van der Waals surface area contributed by atoms with E-state index in [-0.39, 0.29) is 11.1 Å². The van der Waals surface area contributed by atoms with Gasteiger partial charge in [-0.15, -0.1) is 0 Å². The molecule has 8 heteroatoms. The minimum absolute atomic E-state index is 0.0970. The van der Waals surface area contributed by atoms with Gasteiger partial charge in [0.15, 0.2) is 0 Å². The van der Waals surface area contributed by atoms with E-state index < -0.39 is 36.0 Å². The van der Waals surface area contributed by atoms with Crippen LogP contribution in [0.2, 0.25) is 0 Å². The van der Waals surface area contributed by atoms with Gasteiger partial charge < -0.3 is 19.9 Å². The third kappa shape index (κ3) is 6.56. The van der Waals surface area contributed by atoms with Crippen LogP contribution in [0.15, 0.2) is 66.7 Å². The number of ether oxygens (including phenoxy) is 2. The standard InChI is InChI=1S/C28H27NO7/c1-16-7-5-9-20(14-16)27(33)35-23(25(30)29-22-12-11-18(3)13-19(22)4)24(26(31)32)36-28(34)21-10-6-8-17(2)15-21/h5-15,23-24H,1-4H3,(H,29,30)(H,31,32)/t23-,24-/m1/s1. The molecule has 0 unspecified atom stereocenters. The lowest BCUT2D eigenvalue weighted by molar-refractivity contribution is -0.157. The van der Waals surface area contributed by atoms with Crippen molar-refractivity contribution in [3.05, 3.63) is 100 Å². The van der Waals surface area contributed by atoms with Crippen LogP contribution in [0.5, 0.6) is 0 Å². The molecule has 0 radical (unpaired) electrons. The van der Waals surface area contributed by atoms with E-state index in [1.807, 2.05) is 13.0 Å². The maximum atomic E-state index is 13.3. The first kappa shape index (κ1) is 26.2. The molecule has 0 aliphatic rings. The third-order valence-electron chi connectivity index (χ3n) is 5.39. The summed E-state index contributed by atoms with van der Waals surface area (Å²) in [6.07, 6.45) is -4.07. The molecule has 0 fully saturated rings. The van der Waals surface area contributed by atoms with Gasteiger partial charge >= 0.3 is 17.9 Å². The Morgan fingerprint density at radius 1 is 0.694 bits per heavy atom. The normalized spacial score (nSPS) is 12.2. The number of aryl methyl sites for hydroxylation is 4. The van der Waals surface area contributed by atoms with Gasteiger partial charge in [-0.25, -0.2) is 14.4 Å². The molecule has 0 spiro atoms. The van der Waals surface area contributed by atoms with Crippen LogP contribution in [0.4, 0.5) is 5.69 Å². The van der Waals surface area contributed by atoms with Gasteiger partial charge in [0.05, 0.1) is 11.1 Å². The number of benzene rings is 3. The maximum Gasteiger partial charge on any atom is 0.349 e. The molecule has 3 aromatic rings. The molecule has 186 valence electrons. The van der Waals surface area contributed by atoms with Crippen LogP contribution >= 0.6 is 0 Å². The van der Waals surface area contributed by atoms with Gasteiger partial charge in [0.25, 0.3) is 5.91 Å². The van der Waals surface area contributed by atoms with Gasteiger partial charge in [0.2, 0.25) is 12.2 Å². The zero-order valence-corrected chi connectivity index (χ0v) is 20.4. The van der Waals surface area contributed by atoms with Gasteiger partial charge in [0, 0.05) is 5.69 Å². The average Bonchev–Trinajstić information content (AvgIpc) is 2.82. The van der Waals surface area contributed by atoms with E-state index >= 15 is 0 Å². The molecule has 2 N–H and O–H groups in total. The summed E-state index contributed by atoms with van der Waals surface area (Å²) in [4.78, 5) is 51.0. The first-order valence-corrected chi connectivity index (χ1v) is 11.2. The van der Waals surface area contributed by atoms with E-state index in [9.17, 15) is 24.3 Å². The monoisotopic (exact) mass is 489 g/mol. The van der Waals surface area contributed by atoms with Crippen LogP contribution in [0, 0.1) is 27.7 Å². The molecule has 0 aromatic heterocycles. The molecule has 8 nitrogen and oxygen atoms in total. The summed E-state index contributed by atoms with van der Waals surface area (Å²) in [5, 5.41) is 12.5. The summed E-state index contributed by atoms with van der Waals surface area (Å²) in [5.41, 5.74) is 3.82. The van der Waals surface area contributed by atoms with E-state index in [0.29, 0.717) is 5.69 Å². The number of carboxylic acid groups (broad SMARTS) is 1. The molecule has 36 heavy (non-hydrogen) atoms. The Labute approximate surface area is 208 Å². The van der Waals surface area contributed by atoms with E-state index in [1.165, 1.54) is 24.3 Å². The Kier molecular flexibility index (Phi) is 8.22. The summed E-state index contributed by atoms with van der Waals surface area (Å²) in [7, 11) is 0. The van der Waals surface area contributed by atoms with Crippen LogP contribution in [0.25, 0.3) is 0 Å². The van der Waals surface area contributed by atoms with Crippen molar-refractivity contribution < 1.29 is 33.8 Å². The van der Waals surface area contributed by atoms with Crippen LogP contribution in [-0.4, -0.2) is 41.1 Å². The van der Waals surface area contributed by atoms with Crippen molar-refractivity contribution in [1.82, 2.24) is 0 Å². The molecule has 0 saturated carbocycles. The van der Waals surface area contributed by atoms with Crippen molar-refractivity contribution in [2.24, 2.45) is 0 Å². The largest absolute Gasteiger partial charge is 0.478 e. The van der Waals surface area contributed by atoms with Crippen LogP contribution < -0.4 is 5.32 Å². The van der Waals surface area contributed by atoms with Crippen molar-refractivity contribution in [3.8, 4) is 0 Å². The number of carbonyl (C=O) groups is 4. The van der Waals surface area contributed by atoms with Crippen molar-refractivity contribution in [2.45, 2.75) is 39.9 Å². The lowest BCUT2D eigenvalue weighted by Gasteiger charge is -2.24. The number of hydrogen-bond donors (Lipinski definition) is 2. The molecule has 0 bridgehead atoms. The molecule has 3 aromatic carbocycles. The van der Waals surface area contributed by atoms with Gasteiger partial charge in [-0.2, -0.15) is 0 Å². The number of anilines is 1. The van der Waals surface area contributed by atoms with Crippen LogP contribution in [0.3, 0.4) is 0 Å². The Hall–Kier alpha value is -4.46. The Morgan fingerprint density at radius 3 is 1.67 bits per heavy atom. The summed E-state index contributed by atoms with van der Waals surface area (Å²) < 4.78 is 10.6. The van der Waals surface area contributed by atoms with Crippen molar-refractivity contribution in [1.29, 1.82) is 0 Å². The van der Waals surface area contributed by atoms with Crippen molar-refractivity contribution in [3.63, 3.8) is 0 Å². The lowest BCUT2D eigenvalue weighted by atomic mass is 10.1. The predicted molar refractivity (Wildman–Crippen MR) is 133 cm³/mol. The number of aliphatic carboxylic acids is 1. The molecule has 3 rings (SSSR count). The van der Waals surface area contributed by atoms with E-state index in [4.69, 9.17) is 9.47 Å². The smallest absolute Gasteiger partial charge is 0.349 e. The summed E-state index contributed by atoms with van der Waals surface area (Å²) >= 11 is 0. The zero-order valence-electron chi connectivity index (χ0n) is 20.4. The van der Waals surface area contributed by atoms with Crippen LogP contribution in [0.1, 0.15) is 43.0 Å². The topological polar surface area (TPSA) is 119 Å². The fraction of sp³-hybridized carbons (Fsp3) is 0.214. The SMILES string of the molecule is Cc1cccc(C(=O)O[C@@H](C(=O)O)[C@@H](OC(=O)c2cccc(C)c2)C(=O)Nc2ccc(C)cc2C)c1. The van der Waals surface area contributed by atoms with Gasteiger partial charge in [-0.3, -0.25) is 4.79 Å². The van der Waals surface area contributed by atoms with E-state index in [2.05, 4.69) is 5.32 Å². The van der Waals surface area contributed by atoms with E-state index in [1.54, 1.807) is 57.2 Å². The average molecular weight is 490 g/mol. The third-order valence-corrected chi connectivity index (χ3v) is 5.39.